The molecular weight excluding hydrogens is 226 g/mol. The van der Waals surface area contributed by atoms with Gasteiger partial charge in [-0.25, -0.2) is 4.68 Å². The van der Waals surface area contributed by atoms with E-state index in [0.29, 0.717) is 0 Å². The van der Waals surface area contributed by atoms with Gasteiger partial charge in [-0.15, -0.1) is 0 Å². The first-order valence-electron chi connectivity index (χ1n) is 6.30. The molecule has 2 aromatic rings. The molecule has 1 saturated heterocycles. The molecule has 1 aromatic carbocycles. The number of hydrogen-bond acceptors (Lipinski definition) is 3. The molecule has 0 bridgehead atoms. The fourth-order valence-electron chi connectivity index (χ4n) is 2.39. The molecule has 0 radical (unpaired) electrons. The predicted octanol–water partition coefficient (Wildman–Crippen LogP) is 1.44. The second-order valence-corrected chi connectivity index (χ2v) is 4.79. The van der Waals surface area contributed by atoms with Crippen LogP contribution in [0.25, 0.3) is 5.69 Å². The molecule has 2 heterocycles. The summed E-state index contributed by atoms with van der Waals surface area (Å²) in [7, 11) is 0. The molecule has 4 heteroatoms. The minimum atomic E-state index is -0.145. The maximum atomic E-state index is 9.49. The van der Waals surface area contributed by atoms with Gasteiger partial charge in [-0.1, -0.05) is 12.1 Å². The van der Waals surface area contributed by atoms with E-state index in [0.717, 1.165) is 31.7 Å². The van der Waals surface area contributed by atoms with Crippen LogP contribution in [0, 0.1) is 0 Å². The van der Waals surface area contributed by atoms with E-state index in [-0.39, 0.29) is 6.10 Å². The average Bonchev–Trinajstić information content (AvgIpc) is 3.02. The van der Waals surface area contributed by atoms with Crippen molar-refractivity contribution in [1.82, 2.24) is 14.7 Å². The summed E-state index contributed by atoms with van der Waals surface area (Å²) in [6, 6.07) is 10.3. The minimum Gasteiger partial charge on any atom is -0.392 e. The lowest BCUT2D eigenvalue weighted by atomic mass is 10.2. The van der Waals surface area contributed by atoms with Crippen LogP contribution in [0.5, 0.6) is 0 Å². The van der Waals surface area contributed by atoms with Gasteiger partial charge in [0.1, 0.15) is 0 Å². The number of rotatable bonds is 3. The Balaban J connectivity index is 1.68. The lowest BCUT2D eigenvalue weighted by molar-refractivity contribution is 0.175. The maximum Gasteiger partial charge on any atom is 0.0679 e. The molecule has 18 heavy (non-hydrogen) atoms. The van der Waals surface area contributed by atoms with Crippen molar-refractivity contribution in [2.75, 3.05) is 13.1 Å². The number of aliphatic hydroxyl groups excluding tert-OH is 1. The Labute approximate surface area is 106 Å². The molecule has 94 valence electrons. The standard InChI is InChI=1S/C14H17N3O/c18-14-6-9-16(11-14)10-12-2-4-13(5-3-12)17-8-1-7-15-17/h1-5,7-8,14,18H,6,9-11H2/t14-/m1/s1. The van der Waals surface area contributed by atoms with Gasteiger partial charge in [0.25, 0.3) is 0 Å². The Kier molecular flexibility index (Phi) is 3.13. The Morgan fingerprint density at radius 2 is 2.11 bits per heavy atom. The van der Waals surface area contributed by atoms with Gasteiger partial charge >= 0.3 is 0 Å². The highest BCUT2D eigenvalue weighted by molar-refractivity contribution is 5.33. The summed E-state index contributed by atoms with van der Waals surface area (Å²) < 4.78 is 1.85. The van der Waals surface area contributed by atoms with Crippen LogP contribution in [0.1, 0.15) is 12.0 Å². The molecule has 1 atom stereocenters. The van der Waals surface area contributed by atoms with Crippen molar-refractivity contribution in [1.29, 1.82) is 0 Å². The number of aromatic nitrogens is 2. The van der Waals surface area contributed by atoms with Crippen LogP contribution in [0.15, 0.2) is 42.7 Å². The third-order valence-electron chi connectivity index (χ3n) is 3.36. The van der Waals surface area contributed by atoms with Crippen molar-refractivity contribution in [3.05, 3.63) is 48.3 Å². The third kappa shape index (κ3) is 2.44. The molecule has 0 amide bonds. The first-order valence-corrected chi connectivity index (χ1v) is 6.30. The molecule has 0 aliphatic carbocycles. The molecular formula is C14H17N3O. The number of nitrogens with zero attached hydrogens (tertiary/aromatic N) is 3. The molecule has 0 unspecified atom stereocenters. The van der Waals surface area contributed by atoms with E-state index >= 15 is 0 Å². The topological polar surface area (TPSA) is 41.3 Å². The normalized spacial score (nSPS) is 20.4. The number of hydrogen-bond donors (Lipinski definition) is 1. The highest BCUT2D eigenvalue weighted by Crippen LogP contribution is 2.15. The van der Waals surface area contributed by atoms with Crippen LogP contribution in [0.4, 0.5) is 0 Å². The SMILES string of the molecule is O[C@@H]1CCN(Cc2ccc(-n3cccn3)cc2)C1. The second kappa shape index (κ2) is 4.92. The van der Waals surface area contributed by atoms with Crippen LogP contribution < -0.4 is 0 Å². The Morgan fingerprint density at radius 1 is 1.28 bits per heavy atom. The van der Waals surface area contributed by atoms with Crippen LogP contribution in [-0.4, -0.2) is 39.0 Å². The van der Waals surface area contributed by atoms with Crippen LogP contribution in [0.3, 0.4) is 0 Å². The van der Waals surface area contributed by atoms with Gasteiger partial charge in [0.2, 0.25) is 0 Å². The summed E-state index contributed by atoms with van der Waals surface area (Å²) in [5.74, 6) is 0. The molecule has 4 nitrogen and oxygen atoms in total. The van der Waals surface area contributed by atoms with E-state index in [4.69, 9.17) is 0 Å². The number of likely N-dealkylation sites (tertiary alicyclic amines) is 1. The van der Waals surface area contributed by atoms with Crippen molar-refractivity contribution < 1.29 is 5.11 Å². The first kappa shape index (κ1) is 11.4. The zero-order chi connectivity index (χ0) is 12.4. The molecule has 0 spiro atoms. The van der Waals surface area contributed by atoms with E-state index in [9.17, 15) is 5.11 Å². The van der Waals surface area contributed by atoms with Crippen molar-refractivity contribution in [2.24, 2.45) is 0 Å². The van der Waals surface area contributed by atoms with Gasteiger partial charge < -0.3 is 5.11 Å². The van der Waals surface area contributed by atoms with E-state index in [2.05, 4.69) is 34.3 Å². The van der Waals surface area contributed by atoms with E-state index in [1.807, 2.05) is 16.9 Å². The van der Waals surface area contributed by atoms with E-state index in [1.165, 1.54) is 5.56 Å². The number of benzene rings is 1. The Hall–Kier alpha value is -1.65. The van der Waals surface area contributed by atoms with Gasteiger partial charge in [-0.05, 0) is 30.2 Å². The fourth-order valence-corrected chi connectivity index (χ4v) is 2.39. The number of β-amino-alcohol motifs (C(OH)–C–C–N with tert-alkyl or cyclic N) is 1. The average molecular weight is 243 g/mol. The maximum absolute atomic E-state index is 9.49. The highest BCUT2D eigenvalue weighted by Gasteiger charge is 2.19. The van der Waals surface area contributed by atoms with Crippen molar-refractivity contribution in [2.45, 2.75) is 19.1 Å². The van der Waals surface area contributed by atoms with Crippen LogP contribution >= 0.6 is 0 Å². The largest absolute Gasteiger partial charge is 0.392 e. The molecule has 1 fully saturated rings. The minimum absolute atomic E-state index is 0.145. The molecule has 1 aromatic heterocycles. The van der Waals surface area contributed by atoms with Crippen molar-refractivity contribution in [3.8, 4) is 5.69 Å². The molecule has 1 N–H and O–H groups in total. The van der Waals surface area contributed by atoms with Gasteiger partial charge in [-0.3, -0.25) is 4.90 Å². The predicted molar refractivity (Wildman–Crippen MR) is 69.5 cm³/mol. The van der Waals surface area contributed by atoms with Crippen LogP contribution in [-0.2, 0) is 6.54 Å². The smallest absolute Gasteiger partial charge is 0.0679 e. The van der Waals surface area contributed by atoms with Crippen molar-refractivity contribution >= 4 is 0 Å². The van der Waals surface area contributed by atoms with Gasteiger partial charge in [0.15, 0.2) is 0 Å². The zero-order valence-corrected chi connectivity index (χ0v) is 10.2. The molecule has 3 rings (SSSR count). The quantitative estimate of drug-likeness (QED) is 0.887. The molecule has 1 aliphatic heterocycles. The third-order valence-corrected chi connectivity index (χ3v) is 3.36. The summed E-state index contributed by atoms with van der Waals surface area (Å²) in [6.07, 6.45) is 4.46. The lowest BCUT2D eigenvalue weighted by Crippen LogP contribution is -2.21. The second-order valence-electron chi connectivity index (χ2n) is 4.79. The van der Waals surface area contributed by atoms with Gasteiger partial charge in [0, 0.05) is 32.0 Å². The Morgan fingerprint density at radius 3 is 2.72 bits per heavy atom. The Bertz CT molecular complexity index is 492. The van der Waals surface area contributed by atoms with Gasteiger partial charge in [-0.2, -0.15) is 5.10 Å². The van der Waals surface area contributed by atoms with Gasteiger partial charge in [0.05, 0.1) is 11.8 Å². The first-order chi connectivity index (χ1) is 8.81. The summed E-state index contributed by atoms with van der Waals surface area (Å²) in [5, 5.41) is 13.7. The van der Waals surface area contributed by atoms with E-state index < -0.39 is 0 Å². The van der Waals surface area contributed by atoms with E-state index in [1.54, 1.807) is 6.20 Å². The summed E-state index contributed by atoms with van der Waals surface area (Å²) in [4.78, 5) is 2.29. The summed E-state index contributed by atoms with van der Waals surface area (Å²) >= 11 is 0. The fraction of sp³-hybridized carbons (Fsp3) is 0.357. The molecule has 0 saturated carbocycles. The number of aliphatic hydroxyl groups is 1. The summed E-state index contributed by atoms with van der Waals surface area (Å²) in [5.41, 5.74) is 2.35. The van der Waals surface area contributed by atoms with Crippen LogP contribution in [0.2, 0.25) is 0 Å². The highest BCUT2D eigenvalue weighted by atomic mass is 16.3. The summed E-state index contributed by atoms with van der Waals surface area (Å²) in [6.45, 7) is 2.69. The van der Waals surface area contributed by atoms with Crippen molar-refractivity contribution in [3.63, 3.8) is 0 Å². The molecule has 1 aliphatic rings. The monoisotopic (exact) mass is 243 g/mol. The lowest BCUT2D eigenvalue weighted by Gasteiger charge is -2.15. The zero-order valence-electron chi connectivity index (χ0n) is 10.2.